The quantitative estimate of drug-likeness (QED) is 0.788. The van der Waals surface area contributed by atoms with Gasteiger partial charge in [0.25, 0.3) is 10.0 Å². The van der Waals surface area contributed by atoms with Crippen molar-refractivity contribution < 1.29 is 8.42 Å². The van der Waals surface area contributed by atoms with Crippen molar-refractivity contribution in [3.8, 4) is 0 Å². The second-order valence-corrected chi connectivity index (χ2v) is 9.82. The van der Waals surface area contributed by atoms with Gasteiger partial charge in [-0.15, -0.1) is 22.7 Å². The first kappa shape index (κ1) is 15.2. The van der Waals surface area contributed by atoms with Gasteiger partial charge in [-0.2, -0.15) is 4.31 Å². The van der Waals surface area contributed by atoms with E-state index in [0.717, 1.165) is 20.6 Å². The summed E-state index contributed by atoms with van der Waals surface area (Å²) >= 11 is 6.29. The molecule has 0 bridgehead atoms. The third kappa shape index (κ3) is 3.46. The number of sulfonamides is 1. The predicted molar refractivity (Wildman–Crippen MR) is 84.4 cm³/mol. The standard InChI is InChI=1S/C12H14BrNO2S3/c1-3-10-4-5-12(18-10)19(15,16)14(2)7-9-6-11(13)17-8-9/h4-6,8H,3,7H2,1-2H3. The number of aryl methyl sites for hydroxylation is 1. The Morgan fingerprint density at radius 1 is 1.37 bits per heavy atom. The first-order chi connectivity index (χ1) is 8.93. The van der Waals surface area contributed by atoms with E-state index in [2.05, 4.69) is 15.9 Å². The van der Waals surface area contributed by atoms with Crippen molar-refractivity contribution in [2.75, 3.05) is 7.05 Å². The topological polar surface area (TPSA) is 37.4 Å². The van der Waals surface area contributed by atoms with E-state index < -0.39 is 10.0 Å². The maximum atomic E-state index is 12.4. The first-order valence-corrected chi connectivity index (χ1v) is 9.64. The fraction of sp³-hybridized carbons (Fsp3) is 0.333. The zero-order valence-corrected chi connectivity index (χ0v) is 14.6. The van der Waals surface area contributed by atoms with E-state index in [1.165, 1.54) is 15.6 Å². The molecule has 0 aromatic carbocycles. The molecule has 19 heavy (non-hydrogen) atoms. The minimum atomic E-state index is -3.38. The van der Waals surface area contributed by atoms with Crippen LogP contribution in [0, 0.1) is 0 Å². The van der Waals surface area contributed by atoms with Crippen molar-refractivity contribution in [2.24, 2.45) is 0 Å². The molecule has 7 heteroatoms. The van der Waals surface area contributed by atoms with Gasteiger partial charge in [0.15, 0.2) is 0 Å². The molecule has 2 aromatic rings. The molecule has 0 aliphatic rings. The van der Waals surface area contributed by atoms with Gasteiger partial charge in [-0.3, -0.25) is 0 Å². The molecule has 0 spiro atoms. The Bertz CT molecular complexity index is 660. The smallest absolute Gasteiger partial charge is 0.206 e. The lowest BCUT2D eigenvalue weighted by Crippen LogP contribution is -2.25. The molecule has 104 valence electrons. The zero-order chi connectivity index (χ0) is 14.0. The van der Waals surface area contributed by atoms with Crippen molar-refractivity contribution >= 4 is 48.6 Å². The van der Waals surface area contributed by atoms with Crippen molar-refractivity contribution in [1.29, 1.82) is 0 Å². The third-order valence-corrected chi connectivity index (χ3v) is 7.73. The van der Waals surface area contributed by atoms with Crippen LogP contribution in [0.25, 0.3) is 0 Å². The number of hydrogen-bond acceptors (Lipinski definition) is 4. The number of hydrogen-bond donors (Lipinski definition) is 0. The highest BCUT2D eigenvalue weighted by Gasteiger charge is 2.23. The van der Waals surface area contributed by atoms with E-state index in [1.54, 1.807) is 24.5 Å². The molecule has 2 aromatic heterocycles. The zero-order valence-electron chi connectivity index (χ0n) is 10.6. The molecule has 0 fully saturated rings. The van der Waals surface area contributed by atoms with E-state index in [0.29, 0.717) is 10.8 Å². The minimum Gasteiger partial charge on any atom is -0.206 e. The van der Waals surface area contributed by atoms with Crippen LogP contribution in [0.5, 0.6) is 0 Å². The van der Waals surface area contributed by atoms with E-state index in [4.69, 9.17) is 0 Å². The lowest BCUT2D eigenvalue weighted by Gasteiger charge is -2.15. The normalized spacial score (nSPS) is 12.2. The Morgan fingerprint density at radius 3 is 2.63 bits per heavy atom. The summed E-state index contributed by atoms with van der Waals surface area (Å²) in [6, 6.07) is 5.52. The van der Waals surface area contributed by atoms with Gasteiger partial charge in [-0.05, 0) is 51.5 Å². The molecular formula is C12H14BrNO2S3. The minimum absolute atomic E-state index is 0.393. The van der Waals surface area contributed by atoms with Crippen LogP contribution >= 0.6 is 38.6 Å². The van der Waals surface area contributed by atoms with E-state index in [1.807, 2.05) is 24.4 Å². The van der Waals surface area contributed by atoms with Crippen LogP contribution < -0.4 is 0 Å². The Morgan fingerprint density at radius 2 is 2.11 bits per heavy atom. The van der Waals surface area contributed by atoms with Gasteiger partial charge in [0.2, 0.25) is 0 Å². The lowest BCUT2D eigenvalue weighted by molar-refractivity contribution is 0.469. The summed E-state index contributed by atoms with van der Waals surface area (Å²) in [4.78, 5) is 1.09. The van der Waals surface area contributed by atoms with Crippen LogP contribution in [0.15, 0.2) is 31.6 Å². The Hall–Kier alpha value is -0.210. The molecule has 0 saturated carbocycles. The molecule has 2 rings (SSSR count). The van der Waals surface area contributed by atoms with Crippen LogP contribution in [-0.4, -0.2) is 19.8 Å². The highest BCUT2D eigenvalue weighted by molar-refractivity contribution is 9.11. The number of thiophene rings is 2. The average molecular weight is 380 g/mol. The average Bonchev–Trinajstić information content (AvgIpc) is 2.98. The summed E-state index contributed by atoms with van der Waals surface area (Å²) in [5, 5.41) is 1.96. The number of nitrogens with zero attached hydrogens (tertiary/aromatic N) is 1. The molecule has 0 amide bonds. The van der Waals surface area contributed by atoms with Crippen molar-refractivity contribution in [1.82, 2.24) is 4.31 Å². The Balaban J connectivity index is 2.19. The Kier molecular flexibility index (Phi) is 4.84. The summed E-state index contributed by atoms with van der Waals surface area (Å²) in [5.74, 6) is 0. The molecule has 0 atom stereocenters. The van der Waals surface area contributed by atoms with Gasteiger partial charge >= 0.3 is 0 Å². The maximum Gasteiger partial charge on any atom is 0.252 e. The molecule has 0 aliphatic heterocycles. The predicted octanol–water partition coefficient (Wildman–Crippen LogP) is 3.96. The van der Waals surface area contributed by atoms with Crippen molar-refractivity contribution in [3.05, 3.63) is 37.8 Å². The van der Waals surface area contributed by atoms with E-state index in [9.17, 15) is 8.42 Å². The summed E-state index contributed by atoms with van der Waals surface area (Å²) in [5.41, 5.74) is 0.996. The van der Waals surface area contributed by atoms with Crippen molar-refractivity contribution in [2.45, 2.75) is 24.1 Å². The van der Waals surface area contributed by atoms with Gasteiger partial charge in [0.05, 0.1) is 3.79 Å². The molecule has 0 unspecified atom stereocenters. The number of rotatable bonds is 5. The van der Waals surface area contributed by atoms with Crippen molar-refractivity contribution in [3.63, 3.8) is 0 Å². The largest absolute Gasteiger partial charge is 0.252 e. The van der Waals surface area contributed by atoms with Gasteiger partial charge < -0.3 is 0 Å². The molecular weight excluding hydrogens is 366 g/mol. The van der Waals surface area contributed by atoms with E-state index in [-0.39, 0.29) is 0 Å². The summed E-state index contributed by atoms with van der Waals surface area (Å²) < 4.78 is 27.6. The number of halogens is 1. The van der Waals surface area contributed by atoms with Gasteiger partial charge in [0, 0.05) is 18.5 Å². The third-order valence-electron chi connectivity index (χ3n) is 2.68. The summed E-state index contributed by atoms with van der Waals surface area (Å²) in [6.07, 6.45) is 0.862. The van der Waals surface area contributed by atoms with Crippen LogP contribution in [0.3, 0.4) is 0 Å². The van der Waals surface area contributed by atoms with Crippen LogP contribution in [0.2, 0.25) is 0 Å². The molecule has 0 saturated heterocycles. The first-order valence-electron chi connectivity index (χ1n) is 5.71. The van der Waals surface area contributed by atoms with Gasteiger partial charge in [0.1, 0.15) is 4.21 Å². The summed E-state index contributed by atoms with van der Waals surface area (Å²) in [7, 11) is -1.76. The van der Waals surface area contributed by atoms with E-state index >= 15 is 0 Å². The van der Waals surface area contributed by atoms with Crippen LogP contribution in [0.4, 0.5) is 0 Å². The monoisotopic (exact) mass is 379 g/mol. The highest BCUT2D eigenvalue weighted by atomic mass is 79.9. The summed E-state index contributed by atoms with van der Waals surface area (Å²) in [6.45, 7) is 2.42. The highest BCUT2D eigenvalue weighted by Crippen LogP contribution is 2.27. The molecule has 0 N–H and O–H groups in total. The lowest BCUT2D eigenvalue weighted by atomic mass is 10.3. The fourth-order valence-corrected chi connectivity index (χ4v) is 5.48. The maximum absolute atomic E-state index is 12.4. The molecule has 0 aliphatic carbocycles. The second kappa shape index (κ2) is 6.05. The van der Waals surface area contributed by atoms with Crippen LogP contribution in [0.1, 0.15) is 17.4 Å². The second-order valence-electron chi connectivity index (χ2n) is 4.09. The molecule has 2 heterocycles. The van der Waals surface area contributed by atoms with Gasteiger partial charge in [-0.25, -0.2) is 8.42 Å². The molecule has 0 radical (unpaired) electrons. The van der Waals surface area contributed by atoms with Crippen LogP contribution in [-0.2, 0) is 23.0 Å². The SMILES string of the molecule is CCc1ccc(S(=O)(=O)N(C)Cc2csc(Br)c2)s1. The molecule has 3 nitrogen and oxygen atoms in total. The fourth-order valence-electron chi connectivity index (χ4n) is 1.61. The Labute approximate surface area is 130 Å². The van der Waals surface area contributed by atoms with Gasteiger partial charge in [-0.1, -0.05) is 6.92 Å².